The summed E-state index contributed by atoms with van der Waals surface area (Å²) in [5.74, 6) is 6.34. The lowest BCUT2D eigenvalue weighted by Crippen LogP contribution is -2.36. The first-order chi connectivity index (χ1) is 8.03. The smallest absolute Gasteiger partial charge is 0.0596 e. The van der Waals surface area contributed by atoms with E-state index < -0.39 is 0 Å². The minimum Gasteiger partial charge on any atom is -0.271 e. The summed E-state index contributed by atoms with van der Waals surface area (Å²) in [6.07, 6.45) is 5.02. The molecule has 1 aromatic heterocycles. The molecule has 1 fully saturated rings. The summed E-state index contributed by atoms with van der Waals surface area (Å²) in [7, 11) is 0. The second kappa shape index (κ2) is 5.27. The van der Waals surface area contributed by atoms with Gasteiger partial charge in [-0.3, -0.25) is 11.3 Å². The number of hydrazine groups is 1. The van der Waals surface area contributed by atoms with Crippen molar-refractivity contribution in [2.45, 2.75) is 45.6 Å². The minimum atomic E-state index is 0.221. The van der Waals surface area contributed by atoms with E-state index in [4.69, 9.17) is 17.4 Å². The maximum Gasteiger partial charge on any atom is 0.0596 e. The molecule has 1 unspecified atom stereocenters. The molecule has 0 amide bonds. The van der Waals surface area contributed by atoms with E-state index in [-0.39, 0.29) is 6.04 Å². The predicted molar refractivity (Wildman–Crippen MR) is 75.1 cm³/mol. The standard InChI is InChI=1S/C13H21ClN2S/c1-13(2)6-3-9(4-7-13)11(16-15)12-10(14)5-8-17-12/h5,8-9,11,16H,3-4,6-7,15H2,1-2H3. The number of rotatable bonds is 3. The number of thiophene rings is 1. The summed E-state index contributed by atoms with van der Waals surface area (Å²) >= 11 is 7.90. The Morgan fingerprint density at radius 3 is 2.59 bits per heavy atom. The molecule has 1 saturated carbocycles. The molecule has 1 atom stereocenters. The van der Waals surface area contributed by atoms with E-state index in [1.165, 1.54) is 30.6 Å². The quantitative estimate of drug-likeness (QED) is 0.642. The average molecular weight is 273 g/mol. The summed E-state index contributed by atoms with van der Waals surface area (Å²) < 4.78 is 0. The summed E-state index contributed by atoms with van der Waals surface area (Å²) in [4.78, 5) is 1.19. The van der Waals surface area contributed by atoms with Crippen molar-refractivity contribution in [1.29, 1.82) is 0 Å². The van der Waals surface area contributed by atoms with Gasteiger partial charge >= 0.3 is 0 Å². The fourth-order valence-corrected chi connectivity index (χ4v) is 4.04. The van der Waals surface area contributed by atoms with Crippen LogP contribution in [0.1, 0.15) is 50.4 Å². The van der Waals surface area contributed by atoms with Crippen LogP contribution in [0, 0.1) is 11.3 Å². The second-order valence-corrected chi connectivity index (χ2v) is 7.13. The van der Waals surface area contributed by atoms with Gasteiger partial charge in [0.2, 0.25) is 0 Å². The Morgan fingerprint density at radius 1 is 1.47 bits per heavy atom. The van der Waals surface area contributed by atoms with E-state index in [0.717, 1.165) is 5.02 Å². The third-order valence-corrected chi connectivity index (χ3v) is 5.40. The Kier molecular flexibility index (Phi) is 4.14. The van der Waals surface area contributed by atoms with Gasteiger partial charge in [-0.2, -0.15) is 0 Å². The summed E-state index contributed by atoms with van der Waals surface area (Å²) in [5.41, 5.74) is 3.46. The Hall–Kier alpha value is -0.0900. The molecule has 0 aliphatic heterocycles. The van der Waals surface area contributed by atoms with Gasteiger partial charge in [0.25, 0.3) is 0 Å². The highest BCUT2D eigenvalue weighted by atomic mass is 35.5. The fourth-order valence-electron chi connectivity index (χ4n) is 2.71. The zero-order valence-corrected chi connectivity index (χ0v) is 12.1. The lowest BCUT2D eigenvalue weighted by molar-refractivity contribution is 0.162. The van der Waals surface area contributed by atoms with Crippen molar-refractivity contribution in [1.82, 2.24) is 5.43 Å². The summed E-state index contributed by atoms with van der Waals surface area (Å²) in [6, 6.07) is 2.18. The monoisotopic (exact) mass is 272 g/mol. The molecule has 0 radical (unpaired) electrons. The second-order valence-electron chi connectivity index (χ2n) is 5.78. The zero-order chi connectivity index (χ0) is 12.5. The maximum atomic E-state index is 6.20. The molecule has 4 heteroatoms. The van der Waals surface area contributed by atoms with Gasteiger partial charge in [-0.15, -0.1) is 11.3 Å². The Balaban J connectivity index is 2.08. The van der Waals surface area contributed by atoms with Gasteiger partial charge in [0.05, 0.1) is 11.1 Å². The normalized spacial score (nSPS) is 22.6. The number of hydrogen-bond acceptors (Lipinski definition) is 3. The molecular weight excluding hydrogens is 252 g/mol. The first-order valence-corrected chi connectivity index (χ1v) is 7.48. The van der Waals surface area contributed by atoms with Crippen LogP contribution in [0.4, 0.5) is 0 Å². The van der Waals surface area contributed by atoms with Gasteiger partial charge in [0, 0.05) is 4.88 Å². The van der Waals surface area contributed by atoms with Crippen LogP contribution in [0.2, 0.25) is 5.02 Å². The fraction of sp³-hybridized carbons (Fsp3) is 0.692. The molecule has 1 aliphatic rings. The molecule has 0 spiro atoms. The molecule has 3 N–H and O–H groups in total. The van der Waals surface area contributed by atoms with Crippen molar-refractivity contribution in [2.75, 3.05) is 0 Å². The highest BCUT2D eigenvalue weighted by Crippen LogP contribution is 2.44. The van der Waals surface area contributed by atoms with E-state index in [0.29, 0.717) is 11.3 Å². The van der Waals surface area contributed by atoms with Crippen molar-refractivity contribution in [3.8, 4) is 0 Å². The van der Waals surface area contributed by atoms with Gasteiger partial charge < -0.3 is 0 Å². The molecule has 1 aromatic rings. The molecule has 17 heavy (non-hydrogen) atoms. The maximum absolute atomic E-state index is 6.20. The minimum absolute atomic E-state index is 0.221. The third-order valence-electron chi connectivity index (χ3n) is 3.96. The van der Waals surface area contributed by atoms with Crippen molar-refractivity contribution < 1.29 is 0 Å². The van der Waals surface area contributed by atoms with Gasteiger partial charge in [-0.25, -0.2) is 0 Å². The van der Waals surface area contributed by atoms with Crippen LogP contribution >= 0.6 is 22.9 Å². The lowest BCUT2D eigenvalue weighted by Gasteiger charge is -2.37. The Bertz CT molecular complexity index is 365. The molecule has 1 heterocycles. The van der Waals surface area contributed by atoms with E-state index in [1.807, 2.05) is 11.4 Å². The molecule has 2 nitrogen and oxygen atoms in total. The first-order valence-electron chi connectivity index (χ1n) is 6.22. The van der Waals surface area contributed by atoms with Gasteiger partial charge in [-0.1, -0.05) is 25.4 Å². The molecule has 96 valence electrons. The van der Waals surface area contributed by atoms with Crippen LogP contribution in [0.25, 0.3) is 0 Å². The van der Waals surface area contributed by atoms with Crippen molar-refractivity contribution in [3.05, 3.63) is 21.3 Å². The van der Waals surface area contributed by atoms with Crippen molar-refractivity contribution >= 4 is 22.9 Å². The third kappa shape index (κ3) is 3.02. The largest absolute Gasteiger partial charge is 0.271 e. The van der Waals surface area contributed by atoms with Crippen LogP contribution in [-0.2, 0) is 0 Å². The molecule has 0 saturated heterocycles. The van der Waals surface area contributed by atoms with Gasteiger partial charge in [0.15, 0.2) is 0 Å². The zero-order valence-electron chi connectivity index (χ0n) is 10.5. The number of nitrogens with two attached hydrogens (primary N) is 1. The topological polar surface area (TPSA) is 38.0 Å². The van der Waals surface area contributed by atoms with Crippen LogP contribution < -0.4 is 11.3 Å². The van der Waals surface area contributed by atoms with Crippen LogP contribution in [0.5, 0.6) is 0 Å². The molecular formula is C13H21ClN2S. The molecule has 1 aliphatic carbocycles. The van der Waals surface area contributed by atoms with E-state index in [2.05, 4.69) is 19.3 Å². The number of hydrogen-bond donors (Lipinski definition) is 2. The molecule has 0 aromatic carbocycles. The van der Waals surface area contributed by atoms with E-state index in [1.54, 1.807) is 11.3 Å². The summed E-state index contributed by atoms with van der Waals surface area (Å²) in [5, 5.41) is 2.89. The van der Waals surface area contributed by atoms with Gasteiger partial charge in [-0.05, 0) is 48.5 Å². The predicted octanol–water partition coefficient (Wildman–Crippen LogP) is 4.12. The number of nitrogens with one attached hydrogen (secondary N) is 1. The van der Waals surface area contributed by atoms with Gasteiger partial charge in [0.1, 0.15) is 0 Å². The molecule has 0 bridgehead atoms. The summed E-state index contributed by atoms with van der Waals surface area (Å²) in [6.45, 7) is 4.71. The molecule has 2 rings (SSSR count). The lowest BCUT2D eigenvalue weighted by atomic mass is 9.71. The number of halogens is 1. The van der Waals surface area contributed by atoms with Crippen molar-refractivity contribution in [2.24, 2.45) is 17.2 Å². The van der Waals surface area contributed by atoms with Crippen LogP contribution in [-0.4, -0.2) is 0 Å². The Labute approximate surface area is 113 Å². The van der Waals surface area contributed by atoms with Crippen LogP contribution in [0.3, 0.4) is 0 Å². The van der Waals surface area contributed by atoms with Crippen molar-refractivity contribution in [3.63, 3.8) is 0 Å². The highest BCUT2D eigenvalue weighted by Gasteiger charge is 2.32. The van der Waals surface area contributed by atoms with E-state index >= 15 is 0 Å². The highest BCUT2D eigenvalue weighted by molar-refractivity contribution is 7.10. The first kappa shape index (κ1) is 13.3. The average Bonchev–Trinajstić information content (AvgIpc) is 2.69. The Morgan fingerprint density at radius 2 is 2.12 bits per heavy atom. The van der Waals surface area contributed by atoms with Crippen LogP contribution in [0.15, 0.2) is 11.4 Å². The van der Waals surface area contributed by atoms with E-state index in [9.17, 15) is 0 Å². The SMILES string of the molecule is CC1(C)CCC(C(NN)c2sccc2Cl)CC1.